The Balaban J connectivity index is 2.39. The molecule has 4 N–H and O–H groups in total. The number of phosphoric ester groups is 1. The second-order valence-electron chi connectivity index (χ2n) is 5.07. The Kier molecular flexibility index (Phi) is 6.06. The maximum absolute atomic E-state index is 11.4. The van der Waals surface area contributed by atoms with Gasteiger partial charge in [0.25, 0.3) is 0 Å². The quantitative estimate of drug-likeness (QED) is 0.337. The number of hydrazone groups is 1. The molecule has 0 aliphatic rings. The number of benzene rings is 1. The molecule has 0 spiro atoms. The van der Waals surface area contributed by atoms with Gasteiger partial charge < -0.3 is 20.0 Å². The first-order chi connectivity index (χ1) is 12.2. The maximum atomic E-state index is 11.4. The first-order valence-electron chi connectivity index (χ1n) is 7.18. The highest BCUT2D eigenvalue weighted by Crippen LogP contribution is 2.37. The summed E-state index contributed by atoms with van der Waals surface area (Å²) in [4.78, 5) is 33.0. The Labute approximate surface area is 148 Å². The van der Waals surface area contributed by atoms with Crippen molar-refractivity contribution in [1.29, 1.82) is 0 Å². The summed E-state index contributed by atoms with van der Waals surface area (Å²) >= 11 is 0. The van der Waals surface area contributed by atoms with Crippen LogP contribution in [0.3, 0.4) is 0 Å². The minimum atomic E-state index is -4.74. The summed E-state index contributed by atoms with van der Waals surface area (Å²) in [5.41, 5.74) is 0.661. The zero-order chi connectivity index (χ0) is 19.3. The highest BCUT2D eigenvalue weighted by atomic mass is 31.2. The van der Waals surface area contributed by atoms with Crippen LogP contribution in [0.15, 0.2) is 41.6 Å². The summed E-state index contributed by atoms with van der Waals surface area (Å²) in [6.07, 6.45) is 0.953. The molecular weight excluding hydrogens is 365 g/mol. The normalized spacial score (nSPS) is 11.7. The number of amides is 1. The molecule has 1 aromatic heterocycles. The van der Waals surface area contributed by atoms with Gasteiger partial charge in [-0.05, 0) is 19.1 Å². The third-order valence-electron chi connectivity index (χ3n) is 3.23. The number of aromatic hydroxyl groups is 1. The van der Waals surface area contributed by atoms with E-state index in [9.17, 15) is 19.6 Å². The van der Waals surface area contributed by atoms with Crippen molar-refractivity contribution in [2.45, 2.75) is 13.5 Å². The van der Waals surface area contributed by atoms with Gasteiger partial charge in [-0.2, -0.15) is 10.1 Å². The number of aryl methyl sites for hydroxylation is 1. The van der Waals surface area contributed by atoms with Crippen molar-refractivity contribution in [3.8, 4) is 5.75 Å². The van der Waals surface area contributed by atoms with Gasteiger partial charge in [0.15, 0.2) is 0 Å². The molecule has 138 valence electrons. The fourth-order valence-corrected chi connectivity index (χ4v) is 2.28. The molecule has 0 bridgehead atoms. The minimum Gasteiger partial charge on any atom is -0.505 e. The number of pyridine rings is 1. The lowest BCUT2D eigenvalue weighted by Crippen LogP contribution is -2.23. The van der Waals surface area contributed by atoms with Crippen LogP contribution in [0.1, 0.15) is 16.8 Å². The van der Waals surface area contributed by atoms with Crippen LogP contribution in [0.4, 0.5) is 10.5 Å². The van der Waals surface area contributed by atoms with E-state index in [4.69, 9.17) is 9.79 Å². The molecule has 1 aromatic carbocycles. The van der Waals surface area contributed by atoms with Crippen LogP contribution in [0.5, 0.6) is 5.75 Å². The van der Waals surface area contributed by atoms with Gasteiger partial charge in [-0.3, -0.25) is 9.51 Å². The average molecular weight is 381 g/mol. The van der Waals surface area contributed by atoms with Gasteiger partial charge >= 0.3 is 13.9 Å². The van der Waals surface area contributed by atoms with Crippen LogP contribution >= 0.6 is 7.82 Å². The fourth-order valence-electron chi connectivity index (χ4n) is 1.98. The van der Waals surface area contributed by atoms with Gasteiger partial charge in [-0.15, -0.1) is 0 Å². The van der Waals surface area contributed by atoms with E-state index in [1.807, 2.05) is 0 Å². The second kappa shape index (κ2) is 8.07. The number of carbonyl (C=O) groups is 1. The molecule has 0 saturated heterocycles. The van der Waals surface area contributed by atoms with Crippen LogP contribution in [-0.4, -0.2) is 37.3 Å². The van der Waals surface area contributed by atoms with Crippen molar-refractivity contribution in [3.63, 3.8) is 0 Å². The maximum Gasteiger partial charge on any atom is 0.469 e. The zero-order valence-electron chi connectivity index (χ0n) is 13.6. The first kappa shape index (κ1) is 19.5. The highest BCUT2D eigenvalue weighted by molar-refractivity contribution is 7.46. The lowest BCUT2D eigenvalue weighted by molar-refractivity contribution is 0.188. The standard InChI is InChI=1S/C15H16N3O7P/c1-10-14(19)13(11(7-16-10)9-25-26(22,23)24)8-17-18(15(20)21)12-5-3-2-4-6-12/h2-8,19H,9H2,1H3,(H,20,21)(H2,22,23,24). The van der Waals surface area contributed by atoms with Gasteiger partial charge in [0, 0.05) is 17.3 Å². The van der Waals surface area contributed by atoms with Crippen LogP contribution in [0.25, 0.3) is 0 Å². The number of para-hydroxylation sites is 1. The van der Waals surface area contributed by atoms with Crippen molar-refractivity contribution in [2.75, 3.05) is 5.01 Å². The van der Waals surface area contributed by atoms with Crippen LogP contribution < -0.4 is 5.01 Å². The molecule has 0 fully saturated rings. The third kappa shape index (κ3) is 5.11. The molecule has 2 rings (SSSR count). The number of aromatic nitrogens is 1. The Bertz CT molecular complexity index is 867. The number of rotatable bonds is 6. The molecular formula is C15H16N3O7P. The minimum absolute atomic E-state index is 0.0353. The van der Waals surface area contributed by atoms with E-state index >= 15 is 0 Å². The van der Waals surface area contributed by atoms with Crippen molar-refractivity contribution < 1.29 is 33.9 Å². The molecule has 0 atom stereocenters. The lowest BCUT2D eigenvalue weighted by atomic mass is 10.1. The van der Waals surface area contributed by atoms with Crippen LogP contribution in [0, 0.1) is 6.92 Å². The summed E-state index contributed by atoms with van der Waals surface area (Å²) in [6.45, 7) is 0.956. The summed E-state index contributed by atoms with van der Waals surface area (Å²) in [5, 5.41) is 24.0. The van der Waals surface area contributed by atoms with E-state index in [1.165, 1.54) is 25.3 Å². The van der Waals surface area contributed by atoms with Crippen molar-refractivity contribution in [3.05, 3.63) is 53.3 Å². The summed E-state index contributed by atoms with van der Waals surface area (Å²) < 4.78 is 15.3. The van der Waals surface area contributed by atoms with E-state index in [0.29, 0.717) is 5.01 Å². The number of carboxylic acid groups (broad SMARTS) is 1. The Morgan fingerprint density at radius 2 is 2.00 bits per heavy atom. The monoisotopic (exact) mass is 381 g/mol. The summed E-state index contributed by atoms with van der Waals surface area (Å²) in [6, 6.07) is 8.03. The van der Waals surface area contributed by atoms with Crippen molar-refractivity contribution in [2.24, 2.45) is 5.10 Å². The summed E-state index contributed by atoms with van der Waals surface area (Å²) in [5.74, 6) is -0.307. The molecule has 0 unspecified atom stereocenters. The molecule has 0 aliphatic heterocycles. The van der Waals surface area contributed by atoms with E-state index < -0.39 is 20.5 Å². The number of hydrogen-bond donors (Lipinski definition) is 4. The fraction of sp³-hybridized carbons (Fsp3) is 0.133. The molecule has 11 heteroatoms. The smallest absolute Gasteiger partial charge is 0.469 e. The largest absolute Gasteiger partial charge is 0.505 e. The number of nitrogens with zero attached hydrogens (tertiary/aromatic N) is 3. The lowest BCUT2D eigenvalue weighted by Gasteiger charge is -2.14. The van der Waals surface area contributed by atoms with Gasteiger partial charge in [0.2, 0.25) is 0 Å². The zero-order valence-corrected chi connectivity index (χ0v) is 14.4. The molecule has 10 nitrogen and oxygen atoms in total. The number of anilines is 1. The predicted octanol–water partition coefficient (Wildman–Crippen LogP) is 2.22. The Hall–Kier alpha value is -2.78. The van der Waals surface area contributed by atoms with Gasteiger partial charge in [-0.25, -0.2) is 9.36 Å². The number of hydrogen-bond acceptors (Lipinski definition) is 6. The molecule has 2 aromatic rings. The molecule has 0 saturated carbocycles. The highest BCUT2D eigenvalue weighted by Gasteiger charge is 2.18. The van der Waals surface area contributed by atoms with E-state index in [2.05, 4.69) is 14.6 Å². The van der Waals surface area contributed by atoms with Gasteiger partial charge in [0.05, 0.1) is 24.2 Å². The molecule has 1 amide bonds. The number of phosphoric acid groups is 1. The topological polar surface area (TPSA) is 153 Å². The predicted molar refractivity (Wildman–Crippen MR) is 92.0 cm³/mol. The molecule has 0 aliphatic carbocycles. The van der Waals surface area contributed by atoms with E-state index in [1.54, 1.807) is 18.2 Å². The van der Waals surface area contributed by atoms with Gasteiger partial charge in [-0.1, -0.05) is 18.2 Å². The Morgan fingerprint density at radius 1 is 1.35 bits per heavy atom. The van der Waals surface area contributed by atoms with E-state index in [-0.39, 0.29) is 28.3 Å². The third-order valence-corrected chi connectivity index (χ3v) is 3.70. The summed E-state index contributed by atoms with van der Waals surface area (Å²) in [7, 11) is -4.74. The second-order valence-corrected chi connectivity index (χ2v) is 6.31. The SMILES string of the molecule is Cc1ncc(COP(=O)(O)O)c(C=NN(C(=O)O)c2ccccc2)c1O. The molecule has 0 radical (unpaired) electrons. The first-order valence-corrected chi connectivity index (χ1v) is 8.71. The van der Waals surface area contributed by atoms with Crippen molar-refractivity contribution >= 4 is 25.8 Å². The Morgan fingerprint density at radius 3 is 2.58 bits per heavy atom. The molecule has 26 heavy (non-hydrogen) atoms. The van der Waals surface area contributed by atoms with Gasteiger partial charge in [0.1, 0.15) is 5.75 Å². The average Bonchev–Trinajstić information content (AvgIpc) is 2.57. The molecule has 1 heterocycles. The van der Waals surface area contributed by atoms with Crippen LogP contribution in [0.2, 0.25) is 0 Å². The van der Waals surface area contributed by atoms with E-state index in [0.717, 1.165) is 6.21 Å². The van der Waals surface area contributed by atoms with Crippen molar-refractivity contribution in [1.82, 2.24) is 4.98 Å². The van der Waals surface area contributed by atoms with Crippen LogP contribution in [-0.2, 0) is 15.7 Å².